The van der Waals surface area contributed by atoms with Crippen LogP contribution in [0.5, 0.6) is 0 Å². The highest BCUT2D eigenvalue weighted by Crippen LogP contribution is 2.01. The van der Waals surface area contributed by atoms with Gasteiger partial charge in [0.2, 0.25) is 0 Å². The van der Waals surface area contributed by atoms with Crippen molar-refractivity contribution in [3.8, 4) is 6.07 Å². The van der Waals surface area contributed by atoms with Gasteiger partial charge in [0.25, 0.3) is 0 Å². The number of nitrogens with zero attached hydrogens (tertiary/aromatic N) is 5. The first-order chi connectivity index (χ1) is 5.74. The van der Waals surface area contributed by atoms with Crippen LogP contribution >= 0.6 is 0 Å². The summed E-state index contributed by atoms with van der Waals surface area (Å²) in [6, 6.07) is 1.88. The Labute approximate surface area is 67.4 Å². The molecule has 0 aliphatic rings. The van der Waals surface area contributed by atoms with Crippen LogP contribution in [0.4, 0.5) is 5.82 Å². The molecule has 0 N–H and O–H groups in total. The SMILES string of the molecule is N#CCCn1ncc([N+](=O)[O-])n1. The van der Waals surface area contributed by atoms with Crippen LogP contribution in [0.25, 0.3) is 0 Å². The van der Waals surface area contributed by atoms with Crippen molar-refractivity contribution >= 4 is 5.82 Å². The van der Waals surface area contributed by atoms with Crippen LogP contribution in [0.15, 0.2) is 6.20 Å². The minimum absolute atomic E-state index is 0.242. The largest absolute Gasteiger partial charge is 0.410 e. The molecule has 1 rings (SSSR count). The molecule has 0 spiro atoms. The Bertz CT molecular complexity index is 325. The van der Waals surface area contributed by atoms with Gasteiger partial charge in [-0.3, -0.25) is 0 Å². The van der Waals surface area contributed by atoms with Gasteiger partial charge in [-0.05, 0) is 4.92 Å². The molecular formula is C5H5N5O2. The summed E-state index contributed by atoms with van der Waals surface area (Å²) in [6.07, 6.45) is 1.29. The highest BCUT2D eigenvalue weighted by atomic mass is 16.6. The Morgan fingerprint density at radius 2 is 2.58 bits per heavy atom. The average molecular weight is 167 g/mol. The van der Waals surface area contributed by atoms with Gasteiger partial charge in [-0.15, -0.1) is 5.10 Å². The third-order valence-corrected chi connectivity index (χ3v) is 1.14. The molecule has 7 heteroatoms. The lowest BCUT2D eigenvalue weighted by atomic mass is 10.5. The number of hydrogen-bond donors (Lipinski definition) is 0. The number of aryl methyl sites for hydroxylation is 1. The average Bonchev–Trinajstić information content (AvgIpc) is 2.48. The van der Waals surface area contributed by atoms with Crippen molar-refractivity contribution in [3.63, 3.8) is 0 Å². The third kappa shape index (κ3) is 1.76. The molecule has 0 radical (unpaired) electrons. The maximum atomic E-state index is 10.1. The zero-order chi connectivity index (χ0) is 8.97. The summed E-state index contributed by atoms with van der Waals surface area (Å²) in [5.74, 6) is -0.298. The molecule has 0 unspecified atom stereocenters. The normalized spacial score (nSPS) is 9.25. The summed E-state index contributed by atoms with van der Waals surface area (Å²) < 4.78 is 0. The van der Waals surface area contributed by atoms with Crippen molar-refractivity contribution in [2.45, 2.75) is 13.0 Å². The number of aromatic nitrogens is 3. The van der Waals surface area contributed by atoms with E-state index in [1.54, 1.807) is 0 Å². The van der Waals surface area contributed by atoms with Gasteiger partial charge in [-0.1, -0.05) is 4.80 Å². The summed E-state index contributed by atoms with van der Waals surface area (Å²) in [4.78, 5) is 10.6. The van der Waals surface area contributed by atoms with Crippen LogP contribution in [0.2, 0.25) is 0 Å². The van der Waals surface area contributed by atoms with E-state index >= 15 is 0 Å². The molecule has 0 bridgehead atoms. The van der Waals surface area contributed by atoms with Gasteiger partial charge in [-0.2, -0.15) is 5.26 Å². The van der Waals surface area contributed by atoms with Crippen LogP contribution in [0.3, 0.4) is 0 Å². The van der Waals surface area contributed by atoms with E-state index in [1.165, 1.54) is 0 Å². The van der Waals surface area contributed by atoms with Gasteiger partial charge >= 0.3 is 5.82 Å². The molecule has 1 aromatic rings. The molecule has 0 atom stereocenters. The molecule has 7 nitrogen and oxygen atoms in total. The number of nitriles is 1. The molecule has 0 aliphatic carbocycles. The lowest BCUT2D eigenvalue weighted by Gasteiger charge is -1.84. The van der Waals surface area contributed by atoms with E-state index in [1.807, 2.05) is 6.07 Å². The van der Waals surface area contributed by atoms with Crippen LogP contribution in [0.1, 0.15) is 6.42 Å². The Morgan fingerprint density at radius 1 is 1.83 bits per heavy atom. The van der Waals surface area contributed by atoms with E-state index in [-0.39, 0.29) is 18.8 Å². The molecular weight excluding hydrogens is 162 g/mol. The summed E-state index contributed by atoms with van der Waals surface area (Å²) in [5.41, 5.74) is 0. The minimum atomic E-state index is -0.629. The van der Waals surface area contributed by atoms with Crippen LogP contribution in [-0.4, -0.2) is 19.9 Å². The van der Waals surface area contributed by atoms with E-state index < -0.39 is 4.92 Å². The first-order valence-corrected chi connectivity index (χ1v) is 3.15. The van der Waals surface area contributed by atoms with Crippen LogP contribution in [-0.2, 0) is 6.54 Å². The van der Waals surface area contributed by atoms with Gasteiger partial charge in [0, 0.05) is 0 Å². The number of rotatable bonds is 3. The van der Waals surface area contributed by atoms with Crippen molar-refractivity contribution in [3.05, 3.63) is 16.3 Å². The smallest absolute Gasteiger partial charge is 0.358 e. The second-order valence-electron chi connectivity index (χ2n) is 1.96. The second kappa shape index (κ2) is 3.43. The first kappa shape index (κ1) is 8.13. The fraction of sp³-hybridized carbons (Fsp3) is 0.400. The summed E-state index contributed by atoms with van der Waals surface area (Å²) >= 11 is 0. The Balaban J connectivity index is 2.66. The molecule has 0 saturated carbocycles. The van der Waals surface area contributed by atoms with Crippen molar-refractivity contribution in [2.75, 3.05) is 0 Å². The van der Waals surface area contributed by atoms with Crippen LogP contribution in [0, 0.1) is 21.4 Å². The predicted molar refractivity (Wildman–Crippen MR) is 36.9 cm³/mol. The zero-order valence-corrected chi connectivity index (χ0v) is 6.04. The molecule has 1 heterocycles. The fourth-order valence-corrected chi connectivity index (χ4v) is 0.630. The fourth-order valence-electron chi connectivity index (χ4n) is 0.630. The molecule has 0 fully saturated rings. The van der Waals surface area contributed by atoms with E-state index in [0.717, 1.165) is 11.0 Å². The molecule has 0 aliphatic heterocycles. The van der Waals surface area contributed by atoms with E-state index in [2.05, 4.69) is 10.2 Å². The van der Waals surface area contributed by atoms with E-state index in [4.69, 9.17) is 5.26 Å². The van der Waals surface area contributed by atoms with Crippen molar-refractivity contribution < 1.29 is 4.92 Å². The first-order valence-electron chi connectivity index (χ1n) is 3.15. The Morgan fingerprint density at radius 3 is 3.08 bits per heavy atom. The van der Waals surface area contributed by atoms with Gasteiger partial charge in [-0.25, -0.2) is 0 Å². The quantitative estimate of drug-likeness (QED) is 0.469. The molecule has 62 valence electrons. The standard InChI is InChI=1S/C5H5N5O2/c6-2-1-3-9-7-4-5(8-9)10(11)12/h4H,1,3H2. The van der Waals surface area contributed by atoms with Crippen molar-refractivity contribution in [2.24, 2.45) is 0 Å². The topological polar surface area (TPSA) is 97.6 Å². The minimum Gasteiger partial charge on any atom is -0.358 e. The van der Waals surface area contributed by atoms with Gasteiger partial charge in [0.05, 0.1) is 24.1 Å². The van der Waals surface area contributed by atoms with Crippen LogP contribution < -0.4 is 0 Å². The van der Waals surface area contributed by atoms with E-state index in [9.17, 15) is 10.1 Å². The molecule has 1 aromatic heterocycles. The monoisotopic (exact) mass is 167 g/mol. The second-order valence-corrected chi connectivity index (χ2v) is 1.96. The highest BCUT2D eigenvalue weighted by Gasteiger charge is 2.11. The lowest BCUT2D eigenvalue weighted by molar-refractivity contribution is -0.389. The van der Waals surface area contributed by atoms with Gasteiger partial charge in [0.1, 0.15) is 0 Å². The van der Waals surface area contributed by atoms with Crippen molar-refractivity contribution in [1.29, 1.82) is 5.26 Å². The van der Waals surface area contributed by atoms with Gasteiger partial charge in [0.15, 0.2) is 6.20 Å². The third-order valence-electron chi connectivity index (χ3n) is 1.14. The zero-order valence-electron chi connectivity index (χ0n) is 6.04. The molecule has 0 amide bonds. The molecule has 0 saturated heterocycles. The predicted octanol–water partition coefficient (Wildman–Crippen LogP) is 0.1000. The Hall–Kier alpha value is -1.97. The molecule has 12 heavy (non-hydrogen) atoms. The highest BCUT2D eigenvalue weighted by molar-refractivity contribution is 5.07. The maximum Gasteiger partial charge on any atom is 0.410 e. The molecule has 0 aromatic carbocycles. The lowest BCUT2D eigenvalue weighted by Crippen LogP contribution is -2.01. The van der Waals surface area contributed by atoms with Gasteiger partial charge < -0.3 is 10.1 Å². The van der Waals surface area contributed by atoms with E-state index in [0.29, 0.717) is 0 Å². The summed E-state index contributed by atoms with van der Waals surface area (Å²) in [5, 5.41) is 25.4. The van der Waals surface area contributed by atoms with Crippen molar-refractivity contribution in [1.82, 2.24) is 15.0 Å². The summed E-state index contributed by atoms with van der Waals surface area (Å²) in [6.45, 7) is 0.282. The number of nitro groups is 1. The Kier molecular flexibility index (Phi) is 2.32. The maximum absolute atomic E-state index is 10.1. The summed E-state index contributed by atoms with van der Waals surface area (Å²) in [7, 11) is 0. The number of hydrogen-bond acceptors (Lipinski definition) is 5.